The Morgan fingerprint density at radius 3 is 2.59 bits per heavy atom. The monoisotopic (exact) mass is 265 g/mol. The number of nitrogens with two attached hydrogens (primary N) is 1. The van der Waals surface area contributed by atoms with Crippen LogP contribution in [-0.2, 0) is 11.9 Å². The highest BCUT2D eigenvalue weighted by molar-refractivity contribution is 7.98. The number of aliphatic hydroxyl groups is 1. The zero-order valence-corrected chi connectivity index (χ0v) is 9.94. The number of halogens is 3. The van der Waals surface area contributed by atoms with Crippen molar-refractivity contribution in [2.45, 2.75) is 18.3 Å². The average Bonchev–Trinajstić information content (AvgIpc) is 2.25. The number of benzene rings is 1. The van der Waals surface area contributed by atoms with E-state index in [0.29, 0.717) is 12.2 Å². The molecule has 2 nitrogen and oxygen atoms in total. The number of anilines is 1. The minimum absolute atomic E-state index is 0.0564. The summed E-state index contributed by atoms with van der Waals surface area (Å²) < 4.78 is 38.1. The predicted octanol–water partition coefficient (Wildman–Crippen LogP) is 2.90. The summed E-state index contributed by atoms with van der Waals surface area (Å²) in [5.41, 5.74) is 5.03. The Labute approximate surface area is 102 Å². The quantitative estimate of drug-likeness (QED) is 0.635. The molecule has 0 aromatic heterocycles. The van der Waals surface area contributed by atoms with Crippen molar-refractivity contribution in [3.8, 4) is 0 Å². The first kappa shape index (κ1) is 14.2. The second-order valence-electron chi connectivity index (χ2n) is 3.54. The van der Waals surface area contributed by atoms with Gasteiger partial charge in [0.25, 0.3) is 0 Å². The van der Waals surface area contributed by atoms with Gasteiger partial charge in [0, 0.05) is 18.0 Å². The molecule has 17 heavy (non-hydrogen) atoms. The molecule has 1 rings (SSSR count). The molecule has 1 aromatic rings. The molecule has 0 amide bonds. The second-order valence-corrected chi connectivity index (χ2v) is 4.65. The van der Waals surface area contributed by atoms with Crippen LogP contribution >= 0.6 is 11.8 Å². The zero-order valence-electron chi connectivity index (χ0n) is 9.13. The van der Waals surface area contributed by atoms with Gasteiger partial charge in [-0.1, -0.05) is 6.07 Å². The third-order valence-corrected chi connectivity index (χ3v) is 3.24. The molecular weight excluding hydrogens is 251 g/mol. The standard InChI is InChI=1S/C11H14F3NOS/c12-11(13,14)10-6-9(15)3-2-8(10)7-17-5-1-4-16/h2-3,6,16H,1,4-5,7,15H2. The van der Waals surface area contributed by atoms with E-state index in [9.17, 15) is 13.2 Å². The first-order valence-corrected chi connectivity index (χ1v) is 6.25. The van der Waals surface area contributed by atoms with E-state index in [1.807, 2.05) is 0 Å². The maximum Gasteiger partial charge on any atom is 0.416 e. The molecular formula is C11H14F3NOS. The molecule has 0 atom stereocenters. The van der Waals surface area contributed by atoms with Crippen LogP contribution in [0.5, 0.6) is 0 Å². The Hall–Kier alpha value is -0.880. The topological polar surface area (TPSA) is 46.2 Å². The summed E-state index contributed by atoms with van der Waals surface area (Å²) in [6.45, 7) is 0.0564. The summed E-state index contributed by atoms with van der Waals surface area (Å²) in [4.78, 5) is 0. The summed E-state index contributed by atoms with van der Waals surface area (Å²) in [6.07, 6.45) is -3.79. The fourth-order valence-corrected chi connectivity index (χ4v) is 2.28. The number of aliphatic hydroxyl groups excluding tert-OH is 1. The van der Waals surface area contributed by atoms with Crippen molar-refractivity contribution >= 4 is 17.4 Å². The van der Waals surface area contributed by atoms with Gasteiger partial charge in [0.15, 0.2) is 0 Å². The highest BCUT2D eigenvalue weighted by Gasteiger charge is 2.33. The SMILES string of the molecule is Nc1ccc(CSCCCO)c(C(F)(F)F)c1. The highest BCUT2D eigenvalue weighted by Crippen LogP contribution is 2.34. The van der Waals surface area contributed by atoms with E-state index in [4.69, 9.17) is 10.8 Å². The van der Waals surface area contributed by atoms with Crippen molar-refractivity contribution < 1.29 is 18.3 Å². The lowest BCUT2D eigenvalue weighted by Gasteiger charge is -2.13. The van der Waals surface area contributed by atoms with Crippen LogP contribution in [0, 0.1) is 0 Å². The van der Waals surface area contributed by atoms with E-state index in [-0.39, 0.29) is 23.6 Å². The molecule has 0 saturated carbocycles. The molecule has 6 heteroatoms. The van der Waals surface area contributed by atoms with Gasteiger partial charge in [-0.15, -0.1) is 0 Å². The van der Waals surface area contributed by atoms with Crippen LogP contribution in [0.4, 0.5) is 18.9 Å². The van der Waals surface area contributed by atoms with Gasteiger partial charge < -0.3 is 10.8 Å². The van der Waals surface area contributed by atoms with Gasteiger partial charge in [-0.3, -0.25) is 0 Å². The molecule has 0 bridgehead atoms. The summed E-state index contributed by atoms with van der Waals surface area (Å²) in [7, 11) is 0. The summed E-state index contributed by atoms with van der Waals surface area (Å²) in [6, 6.07) is 3.84. The van der Waals surface area contributed by atoms with Crippen molar-refractivity contribution in [3.63, 3.8) is 0 Å². The Balaban J connectivity index is 2.77. The number of hydrogen-bond donors (Lipinski definition) is 2. The Kier molecular flexibility index (Phi) is 5.14. The number of alkyl halides is 3. The number of rotatable bonds is 5. The third-order valence-electron chi connectivity index (χ3n) is 2.14. The van der Waals surface area contributed by atoms with Crippen molar-refractivity contribution in [2.75, 3.05) is 18.1 Å². The normalized spacial score (nSPS) is 11.8. The van der Waals surface area contributed by atoms with Gasteiger partial charge in [-0.05, 0) is 29.9 Å². The summed E-state index contributed by atoms with van der Waals surface area (Å²) in [5.74, 6) is 0.910. The van der Waals surface area contributed by atoms with E-state index < -0.39 is 11.7 Å². The van der Waals surface area contributed by atoms with Crippen molar-refractivity contribution in [1.29, 1.82) is 0 Å². The first-order chi connectivity index (χ1) is 7.95. The maximum atomic E-state index is 12.7. The molecule has 0 fully saturated rings. The van der Waals surface area contributed by atoms with Gasteiger partial charge in [-0.2, -0.15) is 24.9 Å². The van der Waals surface area contributed by atoms with Crippen LogP contribution in [0.2, 0.25) is 0 Å². The van der Waals surface area contributed by atoms with Crippen molar-refractivity contribution in [1.82, 2.24) is 0 Å². The van der Waals surface area contributed by atoms with Gasteiger partial charge in [0.05, 0.1) is 5.56 Å². The molecule has 0 spiro atoms. The van der Waals surface area contributed by atoms with E-state index in [1.54, 1.807) is 0 Å². The van der Waals surface area contributed by atoms with Gasteiger partial charge in [-0.25, -0.2) is 0 Å². The number of thioether (sulfide) groups is 1. The van der Waals surface area contributed by atoms with E-state index in [1.165, 1.54) is 23.9 Å². The molecule has 0 radical (unpaired) electrons. The summed E-state index contributed by atoms with van der Waals surface area (Å²) >= 11 is 1.37. The number of nitrogen functional groups attached to an aromatic ring is 1. The molecule has 1 aromatic carbocycles. The second kappa shape index (κ2) is 6.16. The lowest BCUT2D eigenvalue weighted by Crippen LogP contribution is -2.09. The van der Waals surface area contributed by atoms with E-state index in [0.717, 1.165) is 6.07 Å². The minimum Gasteiger partial charge on any atom is -0.399 e. The van der Waals surface area contributed by atoms with E-state index in [2.05, 4.69) is 0 Å². The predicted molar refractivity (Wildman–Crippen MR) is 63.7 cm³/mol. The molecule has 0 heterocycles. The Morgan fingerprint density at radius 1 is 1.29 bits per heavy atom. The maximum absolute atomic E-state index is 12.7. The number of hydrogen-bond acceptors (Lipinski definition) is 3. The lowest BCUT2D eigenvalue weighted by molar-refractivity contribution is -0.138. The first-order valence-electron chi connectivity index (χ1n) is 5.09. The molecule has 96 valence electrons. The smallest absolute Gasteiger partial charge is 0.399 e. The average molecular weight is 265 g/mol. The summed E-state index contributed by atoms with van der Waals surface area (Å²) in [5, 5.41) is 8.57. The van der Waals surface area contributed by atoms with Crippen LogP contribution in [0.25, 0.3) is 0 Å². The highest BCUT2D eigenvalue weighted by atomic mass is 32.2. The molecule has 0 unspecified atom stereocenters. The van der Waals surface area contributed by atoms with Crippen LogP contribution < -0.4 is 5.73 Å². The van der Waals surface area contributed by atoms with Gasteiger partial charge in [0.1, 0.15) is 0 Å². The minimum atomic E-state index is -4.37. The molecule has 0 aliphatic heterocycles. The van der Waals surface area contributed by atoms with Crippen LogP contribution in [-0.4, -0.2) is 17.5 Å². The molecule has 0 saturated heterocycles. The van der Waals surface area contributed by atoms with Crippen molar-refractivity contribution in [3.05, 3.63) is 29.3 Å². The fourth-order valence-electron chi connectivity index (χ4n) is 1.33. The fraction of sp³-hybridized carbons (Fsp3) is 0.455. The van der Waals surface area contributed by atoms with Gasteiger partial charge >= 0.3 is 6.18 Å². The third kappa shape index (κ3) is 4.47. The molecule has 3 N–H and O–H groups in total. The van der Waals surface area contributed by atoms with Crippen LogP contribution in [0.3, 0.4) is 0 Å². The van der Waals surface area contributed by atoms with Crippen LogP contribution in [0.15, 0.2) is 18.2 Å². The van der Waals surface area contributed by atoms with Gasteiger partial charge in [0.2, 0.25) is 0 Å². The zero-order chi connectivity index (χ0) is 12.9. The Morgan fingerprint density at radius 2 is 2.00 bits per heavy atom. The largest absolute Gasteiger partial charge is 0.416 e. The Bertz CT molecular complexity index is 368. The lowest BCUT2D eigenvalue weighted by atomic mass is 10.1. The molecule has 0 aliphatic carbocycles. The van der Waals surface area contributed by atoms with Crippen molar-refractivity contribution in [2.24, 2.45) is 0 Å². The van der Waals surface area contributed by atoms with Crippen LogP contribution in [0.1, 0.15) is 17.5 Å². The molecule has 0 aliphatic rings. The van der Waals surface area contributed by atoms with E-state index >= 15 is 0 Å².